The third-order valence-electron chi connectivity index (χ3n) is 5.19. The van der Waals surface area contributed by atoms with Crippen LogP contribution in [-0.4, -0.2) is 26.8 Å². The second-order valence-electron chi connectivity index (χ2n) is 7.37. The first kappa shape index (κ1) is 18.5. The number of nitrogens with zero attached hydrogens (tertiary/aromatic N) is 3. The topological polar surface area (TPSA) is 70.9 Å². The molecule has 0 saturated heterocycles. The zero-order valence-electron chi connectivity index (χ0n) is 15.2. The van der Waals surface area contributed by atoms with E-state index in [0.29, 0.717) is 34.3 Å². The molecule has 8 heteroatoms. The number of phenolic OH excluding ortho intramolecular Hbond substituents is 1. The monoisotopic (exact) mass is 388 g/mol. The molecule has 2 aromatic heterocycles. The third kappa shape index (κ3) is 3.46. The number of pyridine rings is 1. The van der Waals surface area contributed by atoms with Crippen LogP contribution in [0, 0.1) is 11.8 Å². The van der Waals surface area contributed by atoms with Gasteiger partial charge in [-0.05, 0) is 48.9 Å². The summed E-state index contributed by atoms with van der Waals surface area (Å²) in [6.07, 6.45) is 1.04. The first-order valence-corrected chi connectivity index (χ1v) is 9.08. The first-order valence-electron chi connectivity index (χ1n) is 9.08. The summed E-state index contributed by atoms with van der Waals surface area (Å²) in [6, 6.07) is 4.56. The van der Waals surface area contributed by atoms with E-state index in [4.69, 9.17) is 0 Å². The lowest BCUT2D eigenvalue weighted by Crippen LogP contribution is -2.28. The third-order valence-corrected chi connectivity index (χ3v) is 5.19. The minimum atomic E-state index is -4.53. The fourth-order valence-electron chi connectivity index (χ4n) is 3.71. The van der Waals surface area contributed by atoms with Crippen molar-refractivity contribution in [2.45, 2.75) is 25.9 Å². The molecule has 28 heavy (non-hydrogen) atoms. The van der Waals surface area contributed by atoms with Crippen LogP contribution in [0.5, 0.6) is 5.75 Å². The van der Waals surface area contributed by atoms with Crippen LogP contribution in [0.4, 0.5) is 19.0 Å². The molecule has 0 spiro atoms. The van der Waals surface area contributed by atoms with E-state index in [1.165, 1.54) is 18.9 Å². The number of phenols is 1. The predicted molar refractivity (Wildman–Crippen MR) is 99.8 cm³/mol. The number of rotatable bonds is 4. The number of anilines is 1. The molecule has 3 aromatic rings. The molecule has 146 valence electrons. The molecular weight excluding hydrogens is 369 g/mol. The number of nitrogens with one attached hydrogen (secondary N) is 1. The van der Waals surface area contributed by atoms with Crippen molar-refractivity contribution in [1.29, 1.82) is 0 Å². The van der Waals surface area contributed by atoms with Gasteiger partial charge in [0.2, 0.25) is 0 Å². The van der Waals surface area contributed by atoms with Gasteiger partial charge in [0.25, 0.3) is 0 Å². The van der Waals surface area contributed by atoms with Crippen molar-refractivity contribution in [2.24, 2.45) is 11.8 Å². The van der Waals surface area contributed by atoms with Crippen molar-refractivity contribution in [3.63, 3.8) is 0 Å². The summed E-state index contributed by atoms with van der Waals surface area (Å²) < 4.78 is 38.6. The SMILES string of the molecule is CC1CC(CNc2nnc(-c3ccc(C(F)(F)F)cc3O)c3ccncc23)C1. The molecule has 0 aliphatic heterocycles. The molecule has 2 heterocycles. The van der Waals surface area contributed by atoms with Crippen molar-refractivity contribution < 1.29 is 18.3 Å². The summed E-state index contributed by atoms with van der Waals surface area (Å²) in [6.45, 7) is 3.01. The van der Waals surface area contributed by atoms with Gasteiger partial charge in [0.1, 0.15) is 11.4 Å². The molecular formula is C20H19F3N4O. The number of alkyl halides is 3. The molecule has 1 aliphatic carbocycles. The largest absolute Gasteiger partial charge is 0.507 e. The molecule has 2 N–H and O–H groups in total. The van der Waals surface area contributed by atoms with Crippen molar-refractivity contribution in [2.75, 3.05) is 11.9 Å². The van der Waals surface area contributed by atoms with Crippen molar-refractivity contribution in [1.82, 2.24) is 15.2 Å². The zero-order valence-corrected chi connectivity index (χ0v) is 15.2. The van der Waals surface area contributed by atoms with Crippen LogP contribution in [0.25, 0.3) is 22.0 Å². The first-order chi connectivity index (χ1) is 13.3. The lowest BCUT2D eigenvalue weighted by molar-refractivity contribution is -0.137. The van der Waals surface area contributed by atoms with Gasteiger partial charge in [-0.15, -0.1) is 10.2 Å². The van der Waals surface area contributed by atoms with Crippen LogP contribution in [0.15, 0.2) is 36.7 Å². The molecule has 1 fully saturated rings. The lowest BCUT2D eigenvalue weighted by atomic mass is 9.76. The van der Waals surface area contributed by atoms with Crippen LogP contribution in [0.1, 0.15) is 25.3 Å². The van der Waals surface area contributed by atoms with Gasteiger partial charge in [0, 0.05) is 35.3 Å². The molecule has 0 atom stereocenters. The van der Waals surface area contributed by atoms with Crippen LogP contribution < -0.4 is 5.32 Å². The maximum absolute atomic E-state index is 12.9. The quantitative estimate of drug-likeness (QED) is 0.667. The lowest BCUT2D eigenvalue weighted by Gasteiger charge is -2.32. The van der Waals surface area contributed by atoms with Crippen LogP contribution in [0.2, 0.25) is 0 Å². The van der Waals surface area contributed by atoms with Gasteiger partial charge in [-0.3, -0.25) is 4.98 Å². The molecule has 1 aromatic carbocycles. The smallest absolute Gasteiger partial charge is 0.416 e. The van der Waals surface area contributed by atoms with Crippen LogP contribution in [0.3, 0.4) is 0 Å². The fourth-order valence-corrected chi connectivity index (χ4v) is 3.71. The standard InChI is InChI=1S/C20H19F3N4O/c1-11-6-12(7-11)9-25-19-16-10-24-5-4-14(16)18(26-27-19)15-3-2-13(8-17(15)28)20(21,22)23/h2-5,8,10-12,28H,6-7,9H2,1H3,(H,25,27). The van der Waals surface area contributed by atoms with Crippen molar-refractivity contribution in [3.05, 3.63) is 42.2 Å². The molecule has 0 amide bonds. The number of hydrogen-bond acceptors (Lipinski definition) is 5. The summed E-state index contributed by atoms with van der Waals surface area (Å²) >= 11 is 0. The van der Waals surface area contributed by atoms with Gasteiger partial charge in [0.15, 0.2) is 5.82 Å². The Hall–Kier alpha value is -2.90. The van der Waals surface area contributed by atoms with E-state index in [0.717, 1.165) is 18.5 Å². The number of aromatic hydroxyl groups is 1. The van der Waals surface area contributed by atoms with Gasteiger partial charge >= 0.3 is 6.18 Å². The van der Waals surface area contributed by atoms with E-state index in [1.807, 2.05) is 0 Å². The highest BCUT2D eigenvalue weighted by atomic mass is 19.4. The number of benzene rings is 1. The maximum Gasteiger partial charge on any atom is 0.416 e. The summed E-state index contributed by atoms with van der Waals surface area (Å²) in [5.41, 5.74) is -0.414. The second-order valence-corrected chi connectivity index (χ2v) is 7.37. The Bertz CT molecular complexity index is 1020. The van der Waals surface area contributed by atoms with Gasteiger partial charge < -0.3 is 10.4 Å². The molecule has 0 unspecified atom stereocenters. The van der Waals surface area contributed by atoms with E-state index in [-0.39, 0.29) is 5.56 Å². The highest BCUT2D eigenvalue weighted by Gasteiger charge is 2.31. The van der Waals surface area contributed by atoms with Gasteiger partial charge in [-0.2, -0.15) is 13.2 Å². The second kappa shape index (κ2) is 6.92. The van der Waals surface area contributed by atoms with Gasteiger partial charge in [0.05, 0.1) is 5.56 Å². The molecule has 5 nitrogen and oxygen atoms in total. The average molecular weight is 388 g/mol. The Morgan fingerprint density at radius 3 is 2.61 bits per heavy atom. The maximum atomic E-state index is 12.9. The number of aromatic nitrogens is 3. The molecule has 0 radical (unpaired) electrons. The van der Waals surface area contributed by atoms with Crippen LogP contribution in [-0.2, 0) is 6.18 Å². The summed E-state index contributed by atoms with van der Waals surface area (Å²) in [5.74, 6) is 1.44. The average Bonchev–Trinajstić information content (AvgIpc) is 2.63. The summed E-state index contributed by atoms with van der Waals surface area (Å²) in [4.78, 5) is 4.13. The Morgan fingerprint density at radius 2 is 1.93 bits per heavy atom. The normalized spacial score (nSPS) is 19.4. The van der Waals surface area contributed by atoms with Gasteiger partial charge in [-0.1, -0.05) is 6.92 Å². The number of fused-ring (bicyclic) bond motifs is 1. The van der Waals surface area contributed by atoms with Crippen molar-refractivity contribution in [3.8, 4) is 17.0 Å². The van der Waals surface area contributed by atoms with E-state index in [9.17, 15) is 18.3 Å². The Labute approximate surface area is 159 Å². The van der Waals surface area contributed by atoms with Crippen LogP contribution >= 0.6 is 0 Å². The van der Waals surface area contributed by atoms with E-state index in [2.05, 4.69) is 27.4 Å². The predicted octanol–water partition coefficient (Wildman–Crippen LogP) is 4.87. The van der Waals surface area contributed by atoms with E-state index < -0.39 is 17.5 Å². The highest BCUT2D eigenvalue weighted by Crippen LogP contribution is 2.39. The minimum Gasteiger partial charge on any atom is -0.507 e. The minimum absolute atomic E-state index is 0.191. The molecule has 0 bridgehead atoms. The fraction of sp³-hybridized carbons (Fsp3) is 0.350. The van der Waals surface area contributed by atoms with Gasteiger partial charge in [-0.25, -0.2) is 0 Å². The Morgan fingerprint density at radius 1 is 1.14 bits per heavy atom. The number of hydrogen-bond donors (Lipinski definition) is 2. The Kier molecular flexibility index (Phi) is 4.56. The number of halogens is 3. The highest BCUT2D eigenvalue weighted by molar-refractivity contribution is 6.00. The van der Waals surface area contributed by atoms with Crippen molar-refractivity contribution >= 4 is 16.6 Å². The summed E-state index contributed by atoms with van der Waals surface area (Å²) in [7, 11) is 0. The molecule has 1 aliphatic rings. The zero-order chi connectivity index (χ0) is 19.9. The molecule has 4 rings (SSSR count). The molecule has 1 saturated carbocycles. The summed E-state index contributed by atoms with van der Waals surface area (Å²) in [5, 5.41) is 23.2. The van der Waals surface area contributed by atoms with E-state index >= 15 is 0 Å². The van der Waals surface area contributed by atoms with E-state index in [1.54, 1.807) is 18.5 Å². The Balaban J connectivity index is 1.70.